The second-order valence-corrected chi connectivity index (χ2v) is 6.68. The average Bonchev–Trinajstić information content (AvgIpc) is 3.40. The van der Waals surface area contributed by atoms with Crippen LogP contribution in [0.5, 0.6) is 0 Å². The van der Waals surface area contributed by atoms with Crippen LogP contribution in [0.1, 0.15) is 116 Å². The van der Waals surface area contributed by atoms with Crippen LogP contribution in [-0.4, -0.2) is 0 Å². The Hall–Kier alpha value is 1.97. The summed E-state index contributed by atoms with van der Waals surface area (Å²) in [4.78, 5) is 0. The molecule has 4 fully saturated rings. The fraction of sp³-hybridized carbons (Fsp3) is 0.900. The third-order valence-corrected chi connectivity index (χ3v) is 4.63. The number of hydrogen-bond donors (Lipinski definition) is 0. The fourth-order valence-corrected chi connectivity index (χ4v) is 3.21. The first-order valence-electron chi connectivity index (χ1n) is 9.63. The van der Waals surface area contributed by atoms with Gasteiger partial charge in [-0.2, -0.15) is 25.7 Å². The zero-order valence-corrected chi connectivity index (χ0v) is 23.0. The summed E-state index contributed by atoms with van der Waals surface area (Å²) in [6.07, 6.45) is 31.0. The third-order valence-electron chi connectivity index (χ3n) is 4.63. The van der Waals surface area contributed by atoms with Gasteiger partial charge in [0.1, 0.15) is 0 Å². The molecule has 0 amide bonds. The molecule has 0 nitrogen and oxygen atoms in total. The van der Waals surface area contributed by atoms with Gasteiger partial charge in [-0.25, -0.2) is 0 Å². The molecular weight excluding hydrogens is 552 g/mol. The molecule has 4 aliphatic rings. The van der Waals surface area contributed by atoms with Crippen molar-refractivity contribution in [2.45, 2.75) is 116 Å². The minimum Gasteiger partial charge on any atom is -0.328 e. The molecule has 0 unspecified atom stereocenters. The molecule has 0 aromatic carbocycles. The minimum atomic E-state index is 0. The van der Waals surface area contributed by atoms with Gasteiger partial charge in [0.15, 0.2) is 0 Å². The van der Waals surface area contributed by atoms with Gasteiger partial charge in [0.25, 0.3) is 0 Å². The van der Waals surface area contributed by atoms with E-state index in [1.165, 1.54) is 116 Å². The Kier molecular flexibility index (Phi) is 33.9. The topological polar surface area (TPSA) is 0 Å². The molecule has 0 aliphatic heterocycles. The zero-order valence-electron chi connectivity index (χ0n) is 15.3. The molecule has 4 aliphatic carbocycles. The van der Waals surface area contributed by atoms with Crippen molar-refractivity contribution in [1.29, 1.82) is 0 Å². The van der Waals surface area contributed by atoms with Crippen LogP contribution in [0.25, 0.3) is 0 Å². The van der Waals surface area contributed by atoms with E-state index in [0.717, 1.165) is 0 Å². The largest absolute Gasteiger partial charge is 2.00 e. The van der Waals surface area contributed by atoms with Gasteiger partial charge >= 0.3 is 61.8 Å². The Morgan fingerprint density at radius 3 is 0.565 bits per heavy atom. The smallest absolute Gasteiger partial charge is 0.328 e. The maximum Gasteiger partial charge on any atom is 2.00 e. The molecule has 0 atom stereocenters. The van der Waals surface area contributed by atoms with Crippen molar-refractivity contribution in [3.63, 3.8) is 0 Å². The van der Waals surface area contributed by atoms with Crippen molar-refractivity contribution in [2.24, 2.45) is 0 Å². The van der Waals surface area contributed by atoms with Gasteiger partial charge in [-0.1, -0.05) is 89.9 Å². The summed E-state index contributed by atoms with van der Waals surface area (Å²) in [5, 5.41) is 0. The zero-order chi connectivity index (χ0) is 14.1. The number of rotatable bonds is 0. The Bertz CT molecular complexity index is 102. The summed E-state index contributed by atoms with van der Waals surface area (Å²) >= 11 is 0. The van der Waals surface area contributed by atoms with Crippen molar-refractivity contribution in [3.05, 3.63) is 12.8 Å². The van der Waals surface area contributed by atoms with Crippen LogP contribution in [0.15, 0.2) is 0 Å². The van der Waals surface area contributed by atoms with Gasteiger partial charge in [-0.05, 0) is 0 Å². The molecule has 0 bridgehead atoms. The molecule has 0 spiro atoms. The minimum absolute atomic E-state index is 0. The molecule has 132 valence electrons. The summed E-state index contributed by atoms with van der Waals surface area (Å²) in [6.45, 7) is 0. The van der Waals surface area contributed by atoms with E-state index in [9.17, 15) is 0 Å². The summed E-state index contributed by atoms with van der Waals surface area (Å²) < 4.78 is 0. The van der Waals surface area contributed by atoms with Crippen LogP contribution >= 0.6 is 0 Å². The standard InChI is InChI=1S/2C5H10.2C5H9.2Fe.Hg/c4*1-2-4-5-3-1;;;/h2*1-5H2;2*1H,2-5H2;;;/q;;2*-1;3*+2. The quantitative estimate of drug-likeness (QED) is 0.203. The van der Waals surface area contributed by atoms with Gasteiger partial charge in [0.2, 0.25) is 0 Å². The first-order chi connectivity index (χ1) is 10.0. The Morgan fingerprint density at radius 2 is 0.478 bits per heavy atom. The predicted molar refractivity (Wildman–Crippen MR) is 91.7 cm³/mol. The van der Waals surface area contributed by atoms with E-state index in [4.69, 9.17) is 0 Å². The third kappa shape index (κ3) is 24.0. The Labute approximate surface area is 188 Å². The van der Waals surface area contributed by atoms with Crippen LogP contribution < -0.4 is 0 Å². The van der Waals surface area contributed by atoms with Crippen molar-refractivity contribution in [3.8, 4) is 0 Å². The predicted octanol–water partition coefficient (Wildman–Crippen LogP) is 7.42. The first-order valence-corrected chi connectivity index (χ1v) is 9.63. The SMILES string of the molecule is C1CCCC1.C1CCCC1.[CH-]1CCCC1.[CH-]1CCCC1.[Fe+2].[Fe+2].[Hg+2]. The summed E-state index contributed by atoms with van der Waals surface area (Å²) in [5.41, 5.74) is 0. The van der Waals surface area contributed by atoms with Gasteiger partial charge in [-0.15, -0.1) is 0 Å². The Balaban J connectivity index is -0.000000222. The van der Waals surface area contributed by atoms with Crippen molar-refractivity contribution >= 4 is 0 Å². The van der Waals surface area contributed by atoms with Gasteiger partial charge < -0.3 is 12.8 Å². The van der Waals surface area contributed by atoms with E-state index in [-0.39, 0.29) is 61.8 Å². The molecular formula is C20H38Fe2Hg+4. The van der Waals surface area contributed by atoms with E-state index in [2.05, 4.69) is 12.8 Å². The van der Waals surface area contributed by atoms with Gasteiger partial charge in [0, 0.05) is 0 Å². The van der Waals surface area contributed by atoms with Crippen molar-refractivity contribution < 1.29 is 61.8 Å². The normalized spacial score (nSPS) is 20.9. The van der Waals surface area contributed by atoms with Crippen LogP contribution in [0, 0.1) is 12.8 Å². The molecule has 0 saturated heterocycles. The maximum absolute atomic E-state index is 2.36. The van der Waals surface area contributed by atoms with E-state index in [0.29, 0.717) is 0 Å². The van der Waals surface area contributed by atoms with Crippen LogP contribution in [0.3, 0.4) is 0 Å². The van der Waals surface area contributed by atoms with Gasteiger partial charge in [0.05, 0.1) is 0 Å². The molecule has 0 N–H and O–H groups in total. The van der Waals surface area contributed by atoms with E-state index in [1.807, 2.05) is 0 Å². The summed E-state index contributed by atoms with van der Waals surface area (Å²) in [7, 11) is 0. The van der Waals surface area contributed by atoms with Crippen LogP contribution in [-0.2, 0) is 61.8 Å². The molecule has 4 saturated carbocycles. The first kappa shape index (κ1) is 29.7. The van der Waals surface area contributed by atoms with E-state index < -0.39 is 0 Å². The molecule has 0 heterocycles. The van der Waals surface area contributed by atoms with E-state index >= 15 is 0 Å². The molecule has 23 heavy (non-hydrogen) atoms. The molecule has 0 aromatic heterocycles. The van der Waals surface area contributed by atoms with Crippen LogP contribution in [0.4, 0.5) is 0 Å². The monoisotopic (exact) mass is 592 g/mol. The average molecular weight is 591 g/mol. The maximum atomic E-state index is 2.36. The van der Waals surface area contributed by atoms with Crippen molar-refractivity contribution in [2.75, 3.05) is 0 Å². The second-order valence-electron chi connectivity index (χ2n) is 6.68. The molecule has 0 aromatic rings. The fourth-order valence-electron chi connectivity index (χ4n) is 3.21. The van der Waals surface area contributed by atoms with Crippen molar-refractivity contribution in [1.82, 2.24) is 0 Å². The van der Waals surface area contributed by atoms with Gasteiger partial charge in [-0.3, -0.25) is 0 Å². The second kappa shape index (κ2) is 26.2. The van der Waals surface area contributed by atoms with Crippen LogP contribution in [0.2, 0.25) is 0 Å². The van der Waals surface area contributed by atoms with E-state index in [1.54, 1.807) is 0 Å². The molecule has 3 heteroatoms. The molecule has 0 radical (unpaired) electrons. The molecule has 4 rings (SSSR count). The summed E-state index contributed by atoms with van der Waals surface area (Å²) in [6, 6.07) is 0. The summed E-state index contributed by atoms with van der Waals surface area (Å²) in [5.74, 6) is 0. The number of hydrogen-bond acceptors (Lipinski definition) is 0. The Morgan fingerprint density at radius 1 is 0.304 bits per heavy atom.